The molecule has 0 aliphatic carbocycles. The van der Waals surface area contributed by atoms with Gasteiger partial charge in [0.25, 0.3) is 10.2 Å². The molecule has 0 unspecified atom stereocenters. The van der Waals surface area contributed by atoms with E-state index in [4.69, 9.17) is 0 Å². The van der Waals surface area contributed by atoms with E-state index in [2.05, 4.69) is 9.44 Å². The quantitative estimate of drug-likeness (QED) is 0.475. The molecule has 0 aromatic carbocycles. The molecule has 9 heavy (non-hydrogen) atoms. The SMILES string of the molecule is O=S1(=O)NCCCCN1. The van der Waals surface area contributed by atoms with Gasteiger partial charge < -0.3 is 0 Å². The summed E-state index contributed by atoms with van der Waals surface area (Å²) in [5.74, 6) is 0. The maximum atomic E-state index is 10.6. The van der Waals surface area contributed by atoms with Gasteiger partial charge in [-0.2, -0.15) is 8.42 Å². The molecule has 1 saturated heterocycles. The monoisotopic (exact) mass is 150 g/mol. The molecule has 0 amide bonds. The van der Waals surface area contributed by atoms with Crippen molar-refractivity contribution < 1.29 is 8.42 Å². The molecule has 1 heterocycles. The zero-order valence-corrected chi connectivity index (χ0v) is 5.87. The number of hydrogen-bond donors (Lipinski definition) is 2. The van der Waals surface area contributed by atoms with Gasteiger partial charge in [0.05, 0.1) is 0 Å². The Labute approximate surface area is 54.8 Å². The summed E-state index contributed by atoms with van der Waals surface area (Å²) in [6.07, 6.45) is 1.85. The van der Waals surface area contributed by atoms with Crippen LogP contribution in [-0.2, 0) is 10.2 Å². The van der Waals surface area contributed by atoms with E-state index in [0.717, 1.165) is 12.8 Å². The minimum absolute atomic E-state index is 0.565. The molecular weight excluding hydrogens is 140 g/mol. The lowest BCUT2D eigenvalue weighted by Crippen LogP contribution is -2.34. The van der Waals surface area contributed by atoms with Crippen LogP contribution in [0.3, 0.4) is 0 Å². The van der Waals surface area contributed by atoms with E-state index in [1.54, 1.807) is 0 Å². The van der Waals surface area contributed by atoms with Crippen LogP contribution in [0.25, 0.3) is 0 Å². The fourth-order valence-corrected chi connectivity index (χ4v) is 1.64. The first-order valence-electron chi connectivity index (χ1n) is 2.95. The van der Waals surface area contributed by atoms with Gasteiger partial charge in [0, 0.05) is 13.1 Å². The number of rotatable bonds is 0. The Kier molecular flexibility index (Phi) is 2.05. The molecule has 0 bridgehead atoms. The summed E-state index contributed by atoms with van der Waals surface area (Å²) < 4.78 is 26.1. The Morgan fingerprint density at radius 1 is 1.00 bits per heavy atom. The van der Waals surface area contributed by atoms with E-state index in [1.807, 2.05) is 0 Å². The van der Waals surface area contributed by atoms with Crippen molar-refractivity contribution >= 4 is 10.2 Å². The van der Waals surface area contributed by atoms with Crippen LogP contribution in [0.4, 0.5) is 0 Å². The normalized spacial score (nSPS) is 27.1. The van der Waals surface area contributed by atoms with Crippen molar-refractivity contribution in [3.05, 3.63) is 0 Å². The van der Waals surface area contributed by atoms with Gasteiger partial charge in [-0.1, -0.05) is 0 Å². The van der Waals surface area contributed by atoms with Gasteiger partial charge in [-0.05, 0) is 12.8 Å². The summed E-state index contributed by atoms with van der Waals surface area (Å²) in [5.41, 5.74) is 0. The predicted octanol–water partition coefficient (Wildman–Crippen LogP) is -0.796. The van der Waals surface area contributed by atoms with Crippen LogP contribution < -0.4 is 9.44 Å². The maximum Gasteiger partial charge on any atom is 0.276 e. The van der Waals surface area contributed by atoms with Crippen LogP contribution in [-0.4, -0.2) is 21.5 Å². The molecule has 4 nitrogen and oxygen atoms in total. The van der Waals surface area contributed by atoms with E-state index >= 15 is 0 Å². The second-order valence-electron chi connectivity index (χ2n) is 2.00. The lowest BCUT2D eigenvalue weighted by Gasteiger charge is -1.98. The Morgan fingerprint density at radius 3 is 1.89 bits per heavy atom. The highest BCUT2D eigenvalue weighted by atomic mass is 32.2. The summed E-state index contributed by atoms with van der Waals surface area (Å²) in [6.45, 7) is 1.13. The lowest BCUT2D eigenvalue weighted by atomic mass is 10.3. The van der Waals surface area contributed by atoms with E-state index in [1.165, 1.54) is 0 Å². The van der Waals surface area contributed by atoms with Crippen LogP contribution in [0.15, 0.2) is 0 Å². The highest BCUT2D eigenvalue weighted by Gasteiger charge is 2.09. The summed E-state index contributed by atoms with van der Waals surface area (Å²) >= 11 is 0. The van der Waals surface area contributed by atoms with Crippen molar-refractivity contribution in [2.24, 2.45) is 0 Å². The van der Waals surface area contributed by atoms with E-state index in [-0.39, 0.29) is 0 Å². The maximum absolute atomic E-state index is 10.6. The molecule has 1 rings (SSSR count). The number of nitrogens with one attached hydrogen (secondary N) is 2. The van der Waals surface area contributed by atoms with Crippen LogP contribution in [0.5, 0.6) is 0 Å². The van der Waals surface area contributed by atoms with Crippen molar-refractivity contribution in [2.45, 2.75) is 12.8 Å². The van der Waals surface area contributed by atoms with Crippen LogP contribution in [0, 0.1) is 0 Å². The van der Waals surface area contributed by atoms with Gasteiger partial charge in [-0.3, -0.25) is 0 Å². The fraction of sp³-hybridized carbons (Fsp3) is 1.00. The first-order valence-corrected chi connectivity index (χ1v) is 4.43. The third kappa shape index (κ3) is 2.30. The van der Waals surface area contributed by atoms with E-state index in [0.29, 0.717) is 13.1 Å². The topological polar surface area (TPSA) is 58.2 Å². The van der Waals surface area contributed by atoms with Gasteiger partial charge >= 0.3 is 0 Å². The minimum atomic E-state index is -3.12. The molecule has 5 heteroatoms. The van der Waals surface area contributed by atoms with Crippen LogP contribution >= 0.6 is 0 Å². The Morgan fingerprint density at radius 2 is 1.44 bits per heavy atom. The summed E-state index contributed by atoms with van der Waals surface area (Å²) in [7, 11) is -3.12. The predicted molar refractivity (Wildman–Crippen MR) is 34.2 cm³/mol. The molecule has 54 valence electrons. The third-order valence-corrected chi connectivity index (χ3v) is 2.36. The van der Waals surface area contributed by atoms with Crippen LogP contribution in [0.1, 0.15) is 12.8 Å². The minimum Gasteiger partial charge on any atom is -0.202 e. The molecule has 1 aliphatic rings. The highest BCUT2D eigenvalue weighted by molar-refractivity contribution is 7.87. The van der Waals surface area contributed by atoms with Gasteiger partial charge in [0.15, 0.2) is 0 Å². The fourth-order valence-electron chi connectivity index (χ4n) is 0.714. The lowest BCUT2D eigenvalue weighted by molar-refractivity contribution is 0.575. The molecule has 1 fully saturated rings. The van der Waals surface area contributed by atoms with Crippen molar-refractivity contribution in [3.8, 4) is 0 Å². The summed E-state index contributed by atoms with van der Waals surface area (Å²) in [5, 5.41) is 0. The van der Waals surface area contributed by atoms with E-state index in [9.17, 15) is 8.42 Å². The van der Waals surface area contributed by atoms with Gasteiger partial charge in [-0.15, -0.1) is 0 Å². The molecule has 1 aliphatic heterocycles. The van der Waals surface area contributed by atoms with Gasteiger partial charge in [-0.25, -0.2) is 9.44 Å². The second-order valence-corrected chi connectivity index (χ2v) is 3.58. The zero-order valence-electron chi connectivity index (χ0n) is 5.05. The average Bonchev–Trinajstić information content (AvgIpc) is 1.92. The highest BCUT2D eigenvalue weighted by Crippen LogP contribution is 1.91. The standard InChI is InChI=1S/C4H10N2O2S/c7-9(8)5-3-1-2-4-6-9/h5-6H,1-4H2. The molecule has 0 saturated carbocycles. The summed E-state index contributed by atoms with van der Waals surface area (Å²) in [6, 6.07) is 0. The van der Waals surface area contributed by atoms with Crippen molar-refractivity contribution in [3.63, 3.8) is 0 Å². The molecular formula is C4H10N2O2S. The van der Waals surface area contributed by atoms with Gasteiger partial charge in [0.1, 0.15) is 0 Å². The molecule has 2 N–H and O–H groups in total. The first kappa shape index (κ1) is 6.98. The molecule has 0 aromatic rings. The molecule has 0 radical (unpaired) electrons. The Bertz CT molecular complexity index is 161. The molecule has 0 spiro atoms. The van der Waals surface area contributed by atoms with Gasteiger partial charge in [0.2, 0.25) is 0 Å². The van der Waals surface area contributed by atoms with Crippen molar-refractivity contribution in [1.29, 1.82) is 0 Å². The zero-order chi connectivity index (χ0) is 6.74. The Hall–Kier alpha value is -0.130. The molecule has 0 aromatic heterocycles. The second kappa shape index (κ2) is 2.64. The van der Waals surface area contributed by atoms with Crippen molar-refractivity contribution in [2.75, 3.05) is 13.1 Å². The Balaban J connectivity index is 2.56. The van der Waals surface area contributed by atoms with Crippen molar-refractivity contribution in [1.82, 2.24) is 9.44 Å². The summed E-state index contributed by atoms with van der Waals surface area (Å²) in [4.78, 5) is 0. The third-order valence-electron chi connectivity index (χ3n) is 1.19. The largest absolute Gasteiger partial charge is 0.276 e. The first-order chi connectivity index (χ1) is 4.21. The number of hydrogen-bond acceptors (Lipinski definition) is 2. The van der Waals surface area contributed by atoms with Crippen LogP contribution in [0.2, 0.25) is 0 Å². The molecule has 0 atom stereocenters. The smallest absolute Gasteiger partial charge is 0.202 e. The average molecular weight is 150 g/mol. The van der Waals surface area contributed by atoms with E-state index < -0.39 is 10.2 Å².